The lowest BCUT2D eigenvalue weighted by Gasteiger charge is -2.15. The Balaban J connectivity index is 2.13. The van der Waals surface area contributed by atoms with E-state index in [4.69, 9.17) is 0 Å². The average molecular weight is 450 g/mol. The minimum Gasteiger partial charge on any atom is -0.375 e. The standard InChI is InChI=1S/C22H16F4NO3S/c23-13-14-27-18-11-6-12-19(30-31(28,29)22(24,25)26)20(18)16-9-4-5-10-17(16)21(27)15-7-2-1-3-8-15/h1-12H,13-14H2/q+1. The number of halogens is 4. The van der Waals surface area contributed by atoms with Crippen LogP contribution in [0.15, 0.2) is 72.8 Å². The number of benzene rings is 3. The van der Waals surface area contributed by atoms with Gasteiger partial charge >= 0.3 is 15.6 Å². The first-order valence-electron chi connectivity index (χ1n) is 9.24. The Morgan fingerprint density at radius 3 is 2.13 bits per heavy atom. The summed E-state index contributed by atoms with van der Waals surface area (Å²) in [5.74, 6) is -0.474. The van der Waals surface area contributed by atoms with Gasteiger partial charge in [0, 0.05) is 17.0 Å². The number of nitrogens with zero attached hydrogens (tertiary/aromatic N) is 1. The second kappa shape index (κ2) is 7.81. The zero-order valence-electron chi connectivity index (χ0n) is 15.9. The number of rotatable bonds is 5. The molecule has 4 rings (SSSR count). The molecular weight excluding hydrogens is 434 g/mol. The number of aromatic nitrogens is 1. The van der Waals surface area contributed by atoms with E-state index in [2.05, 4.69) is 4.18 Å². The third-order valence-electron chi connectivity index (χ3n) is 4.85. The van der Waals surface area contributed by atoms with Gasteiger partial charge in [-0.25, -0.2) is 4.39 Å². The maximum Gasteiger partial charge on any atom is 0.534 e. The Morgan fingerprint density at radius 1 is 0.839 bits per heavy atom. The molecule has 0 aliphatic carbocycles. The lowest BCUT2D eigenvalue weighted by Crippen LogP contribution is -2.38. The van der Waals surface area contributed by atoms with Gasteiger partial charge in [0.1, 0.15) is 6.67 Å². The Morgan fingerprint density at radius 2 is 1.48 bits per heavy atom. The highest BCUT2D eigenvalue weighted by Gasteiger charge is 2.49. The molecule has 0 N–H and O–H groups in total. The molecule has 9 heteroatoms. The van der Waals surface area contributed by atoms with Crippen molar-refractivity contribution >= 4 is 31.8 Å². The van der Waals surface area contributed by atoms with Crippen LogP contribution in [0.25, 0.3) is 32.9 Å². The van der Waals surface area contributed by atoms with E-state index in [-0.39, 0.29) is 11.9 Å². The number of alkyl halides is 4. The molecule has 3 aromatic carbocycles. The fourth-order valence-corrected chi connectivity index (χ4v) is 4.12. The predicted octanol–water partition coefficient (Wildman–Crippen LogP) is 5.15. The van der Waals surface area contributed by atoms with Crippen LogP contribution in [0.4, 0.5) is 17.6 Å². The van der Waals surface area contributed by atoms with E-state index in [1.54, 1.807) is 34.9 Å². The minimum atomic E-state index is -5.88. The fourth-order valence-electron chi connectivity index (χ4n) is 3.65. The Hall–Kier alpha value is -3.20. The number of aryl methyl sites for hydroxylation is 1. The van der Waals surface area contributed by atoms with Crippen LogP contribution in [0.1, 0.15) is 0 Å². The Kier molecular flexibility index (Phi) is 5.30. The summed E-state index contributed by atoms with van der Waals surface area (Å²) in [6, 6.07) is 20.1. The summed E-state index contributed by atoms with van der Waals surface area (Å²) in [5, 5.41) is 1.26. The van der Waals surface area contributed by atoms with Crippen LogP contribution >= 0.6 is 0 Å². The molecular formula is C22H16F4NO3S+. The first-order chi connectivity index (χ1) is 14.7. The molecule has 0 aliphatic rings. The van der Waals surface area contributed by atoms with E-state index in [1.807, 2.05) is 30.3 Å². The Bertz CT molecular complexity index is 1370. The quantitative estimate of drug-likeness (QED) is 0.139. The monoisotopic (exact) mass is 450 g/mol. The SMILES string of the molecule is O=S(=O)(Oc1cccc2c1c1ccccc1c(-c1ccccc1)[n+]2CCF)C(F)(F)F. The molecule has 160 valence electrons. The van der Waals surface area contributed by atoms with Gasteiger partial charge in [0.25, 0.3) is 0 Å². The van der Waals surface area contributed by atoms with Crippen LogP contribution < -0.4 is 8.75 Å². The van der Waals surface area contributed by atoms with Crippen LogP contribution in [0, 0.1) is 0 Å². The smallest absolute Gasteiger partial charge is 0.375 e. The number of pyridine rings is 1. The fraction of sp³-hybridized carbons (Fsp3) is 0.136. The third-order valence-corrected chi connectivity index (χ3v) is 5.82. The summed E-state index contributed by atoms with van der Waals surface area (Å²) in [6.45, 7) is -0.815. The maximum absolute atomic E-state index is 13.5. The lowest BCUT2D eigenvalue weighted by molar-refractivity contribution is -0.659. The summed E-state index contributed by atoms with van der Waals surface area (Å²) in [6.07, 6.45) is 0. The molecule has 0 bridgehead atoms. The maximum atomic E-state index is 13.5. The molecule has 4 aromatic rings. The highest BCUT2D eigenvalue weighted by molar-refractivity contribution is 7.88. The summed E-state index contributed by atoms with van der Waals surface area (Å²) in [4.78, 5) is 0. The molecule has 0 unspecified atom stereocenters. The molecule has 0 spiro atoms. The average Bonchev–Trinajstić information content (AvgIpc) is 2.73. The molecule has 0 radical (unpaired) electrons. The number of fused-ring (bicyclic) bond motifs is 3. The van der Waals surface area contributed by atoms with Crippen LogP contribution in [0.2, 0.25) is 0 Å². The first kappa shape index (κ1) is 21.0. The van der Waals surface area contributed by atoms with Crippen LogP contribution in [0.3, 0.4) is 0 Å². The van der Waals surface area contributed by atoms with Gasteiger partial charge in [-0.2, -0.15) is 26.2 Å². The highest BCUT2D eigenvalue weighted by atomic mass is 32.2. The van der Waals surface area contributed by atoms with Crippen molar-refractivity contribution in [3.63, 3.8) is 0 Å². The summed E-state index contributed by atoms with van der Waals surface area (Å²) in [7, 11) is -5.88. The van der Waals surface area contributed by atoms with Crippen LogP contribution in [-0.2, 0) is 16.7 Å². The molecule has 31 heavy (non-hydrogen) atoms. The molecule has 0 amide bonds. The van der Waals surface area contributed by atoms with Crippen molar-refractivity contribution < 1.29 is 34.7 Å². The molecule has 0 fully saturated rings. The van der Waals surface area contributed by atoms with Gasteiger partial charge in [-0.05, 0) is 24.3 Å². The molecule has 1 heterocycles. The summed E-state index contributed by atoms with van der Waals surface area (Å²) in [5.41, 5.74) is -3.78. The normalized spacial score (nSPS) is 12.4. The van der Waals surface area contributed by atoms with E-state index in [9.17, 15) is 26.0 Å². The van der Waals surface area contributed by atoms with Crippen molar-refractivity contribution in [2.45, 2.75) is 12.1 Å². The predicted molar refractivity (Wildman–Crippen MR) is 109 cm³/mol. The minimum absolute atomic E-state index is 0.0823. The zero-order valence-corrected chi connectivity index (χ0v) is 16.8. The second-order valence-electron chi connectivity index (χ2n) is 6.73. The van der Waals surface area contributed by atoms with E-state index >= 15 is 0 Å². The van der Waals surface area contributed by atoms with Crippen molar-refractivity contribution in [2.24, 2.45) is 0 Å². The van der Waals surface area contributed by atoms with Crippen LogP contribution in [0.5, 0.6) is 5.75 Å². The molecule has 1 aromatic heterocycles. The molecule has 0 atom stereocenters. The van der Waals surface area contributed by atoms with Gasteiger partial charge in [0.2, 0.25) is 11.2 Å². The van der Waals surface area contributed by atoms with Gasteiger partial charge in [0.15, 0.2) is 12.3 Å². The van der Waals surface area contributed by atoms with Gasteiger partial charge in [-0.1, -0.05) is 42.5 Å². The molecule has 0 saturated carbocycles. The lowest BCUT2D eigenvalue weighted by atomic mass is 9.98. The number of hydrogen-bond donors (Lipinski definition) is 0. The van der Waals surface area contributed by atoms with Crippen molar-refractivity contribution in [1.82, 2.24) is 0 Å². The largest absolute Gasteiger partial charge is 0.534 e. The topological polar surface area (TPSA) is 47.3 Å². The van der Waals surface area contributed by atoms with Crippen molar-refractivity contribution in [3.8, 4) is 17.0 Å². The second-order valence-corrected chi connectivity index (χ2v) is 8.27. The van der Waals surface area contributed by atoms with E-state index in [0.29, 0.717) is 22.0 Å². The molecule has 4 nitrogen and oxygen atoms in total. The molecule has 0 saturated heterocycles. The molecule has 0 aliphatic heterocycles. The Labute approximate surface area is 175 Å². The third kappa shape index (κ3) is 3.69. The summed E-state index contributed by atoms with van der Waals surface area (Å²) >= 11 is 0. The van der Waals surface area contributed by atoms with Crippen molar-refractivity contribution in [3.05, 3.63) is 72.8 Å². The highest BCUT2D eigenvalue weighted by Crippen LogP contribution is 2.37. The van der Waals surface area contributed by atoms with Gasteiger partial charge in [-0.15, -0.1) is 0 Å². The van der Waals surface area contributed by atoms with Gasteiger partial charge in [0.05, 0.1) is 10.8 Å². The van der Waals surface area contributed by atoms with E-state index in [0.717, 1.165) is 11.6 Å². The first-order valence-corrected chi connectivity index (χ1v) is 10.6. The van der Waals surface area contributed by atoms with E-state index in [1.165, 1.54) is 6.07 Å². The zero-order chi connectivity index (χ0) is 22.2. The van der Waals surface area contributed by atoms with Crippen molar-refractivity contribution in [1.29, 1.82) is 0 Å². The van der Waals surface area contributed by atoms with Crippen LogP contribution in [-0.4, -0.2) is 20.6 Å². The number of hydrogen-bond acceptors (Lipinski definition) is 3. The summed E-state index contributed by atoms with van der Waals surface area (Å²) < 4.78 is 81.9. The van der Waals surface area contributed by atoms with Gasteiger partial charge in [-0.3, -0.25) is 0 Å². The van der Waals surface area contributed by atoms with Crippen molar-refractivity contribution in [2.75, 3.05) is 6.67 Å². The van der Waals surface area contributed by atoms with Gasteiger partial charge < -0.3 is 4.18 Å². The van der Waals surface area contributed by atoms with E-state index < -0.39 is 28.1 Å².